The van der Waals surface area contributed by atoms with Crippen molar-refractivity contribution in [3.05, 3.63) is 46.5 Å². The molecule has 1 aromatic heterocycles. The SMILES string of the molecule is O=C(OCC1CC1)c1ccc(-n2cncn2)c([N+](=O)[O-])c1. The molecular formula is C13H12N4O4. The summed E-state index contributed by atoms with van der Waals surface area (Å²) >= 11 is 0. The average molecular weight is 288 g/mol. The second-order valence-electron chi connectivity index (χ2n) is 4.84. The lowest BCUT2D eigenvalue weighted by atomic mass is 10.1. The van der Waals surface area contributed by atoms with Gasteiger partial charge in [0, 0.05) is 6.07 Å². The maximum atomic E-state index is 11.9. The molecule has 0 spiro atoms. The van der Waals surface area contributed by atoms with Gasteiger partial charge in [0.05, 0.1) is 17.1 Å². The number of rotatable bonds is 5. The zero-order chi connectivity index (χ0) is 14.8. The van der Waals surface area contributed by atoms with Crippen LogP contribution in [0, 0.1) is 16.0 Å². The van der Waals surface area contributed by atoms with E-state index in [4.69, 9.17) is 4.74 Å². The Morgan fingerprint density at radius 2 is 2.29 bits per heavy atom. The van der Waals surface area contributed by atoms with Gasteiger partial charge in [0.1, 0.15) is 18.3 Å². The Bertz CT molecular complexity index is 679. The lowest BCUT2D eigenvalue weighted by Crippen LogP contribution is -2.09. The van der Waals surface area contributed by atoms with E-state index >= 15 is 0 Å². The molecule has 1 heterocycles. The van der Waals surface area contributed by atoms with Gasteiger partial charge >= 0.3 is 5.97 Å². The zero-order valence-corrected chi connectivity index (χ0v) is 11.0. The monoisotopic (exact) mass is 288 g/mol. The van der Waals surface area contributed by atoms with Gasteiger partial charge in [0.25, 0.3) is 5.69 Å². The maximum absolute atomic E-state index is 11.9. The number of hydrogen-bond donors (Lipinski definition) is 0. The highest BCUT2D eigenvalue weighted by Gasteiger charge is 2.24. The summed E-state index contributed by atoms with van der Waals surface area (Å²) < 4.78 is 6.40. The third-order valence-electron chi connectivity index (χ3n) is 3.22. The van der Waals surface area contributed by atoms with E-state index in [0.717, 1.165) is 12.8 Å². The molecule has 8 heteroatoms. The quantitative estimate of drug-likeness (QED) is 0.472. The fourth-order valence-electron chi connectivity index (χ4n) is 1.88. The smallest absolute Gasteiger partial charge is 0.338 e. The van der Waals surface area contributed by atoms with E-state index in [-0.39, 0.29) is 16.9 Å². The predicted octanol–water partition coefficient (Wildman–Crippen LogP) is 1.74. The first-order chi connectivity index (χ1) is 10.1. The van der Waals surface area contributed by atoms with Crippen LogP contribution in [0.2, 0.25) is 0 Å². The van der Waals surface area contributed by atoms with Crippen LogP contribution in [-0.4, -0.2) is 32.3 Å². The van der Waals surface area contributed by atoms with Crippen molar-refractivity contribution in [1.29, 1.82) is 0 Å². The molecule has 21 heavy (non-hydrogen) atoms. The van der Waals surface area contributed by atoms with Gasteiger partial charge in [-0.3, -0.25) is 10.1 Å². The molecule has 0 N–H and O–H groups in total. The number of ether oxygens (including phenoxy) is 1. The highest BCUT2D eigenvalue weighted by molar-refractivity contribution is 5.90. The number of esters is 1. The number of nitrogens with zero attached hydrogens (tertiary/aromatic N) is 4. The summed E-state index contributed by atoms with van der Waals surface area (Å²) in [7, 11) is 0. The second kappa shape index (κ2) is 5.31. The van der Waals surface area contributed by atoms with Crippen molar-refractivity contribution < 1.29 is 14.5 Å². The molecule has 2 aromatic rings. The van der Waals surface area contributed by atoms with Gasteiger partial charge in [-0.1, -0.05) is 0 Å². The molecule has 0 amide bonds. The first-order valence-electron chi connectivity index (χ1n) is 6.45. The van der Waals surface area contributed by atoms with E-state index in [9.17, 15) is 14.9 Å². The van der Waals surface area contributed by atoms with Crippen molar-refractivity contribution >= 4 is 11.7 Å². The average Bonchev–Trinajstić information content (AvgIpc) is 3.16. The van der Waals surface area contributed by atoms with E-state index in [0.29, 0.717) is 12.5 Å². The number of nitro benzene ring substituents is 1. The van der Waals surface area contributed by atoms with Gasteiger partial charge in [0.15, 0.2) is 0 Å². The summed E-state index contributed by atoms with van der Waals surface area (Å²) in [5.41, 5.74) is 0.184. The Labute approximate surface area is 119 Å². The first-order valence-corrected chi connectivity index (χ1v) is 6.45. The van der Waals surface area contributed by atoms with Crippen LogP contribution >= 0.6 is 0 Å². The van der Waals surface area contributed by atoms with Crippen LogP contribution in [0.15, 0.2) is 30.9 Å². The van der Waals surface area contributed by atoms with Crippen molar-refractivity contribution in [2.24, 2.45) is 5.92 Å². The van der Waals surface area contributed by atoms with Gasteiger partial charge in [-0.15, -0.1) is 0 Å². The number of hydrogen-bond acceptors (Lipinski definition) is 6. The van der Waals surface area contributed by atoms with Crippen LogP contribution in [0.3, 0.4) is 0 Å². The number of carbonyl (C=O) groups is 1. The first kappa shape index (κ1) is 13.2. The minimum atomic E-state index is -0.561. The largest absolute Gasteiger partial charge is 0.462 e. The Morgan fingerprint density at radius 3 is 2.90 bits per heavy atom. The topological polar surface area (TPSA) is 100 Å². The minimum absolute atomic E-state index is 0.159. The van der Waals surface area contributed by atoms with Gasteiger partial charge in [-0.05, 0) is 30.9 Å². The fourth-order valence-corrected chi connectivity index (χ4v) is 1.88. The summed E-state index contributed by atoms with van der Waals surface area (Å²) in [6, 6.07) is 4.14. The Balaban J connectivity index is 1.87. The summed E-state index contributed by atoms with van der Waals surface area (Å²) in [5.74, 6) is -0.103. The molecule has 0 saturated heterocycles. The van der Waals surface area contributed by atoms with E-state index in [1.54, 1.807) is 0 Å². The van der Waals surface area contributed by atoms with Crippen LogP contribution in [0.4, 0.5) is 5.69 Å². The van der Waals surface area contributed by atoms with Gasteiger partial charge in [-0.25, -0.2) is 14.5 Å². The predicted molar refractivity (Wildman–Crippen MR) is 71.0 cm³/mol. The van der Waals surface area contributed by atoms with Crippen molar-refractivity contribution in [2.45, 2.75) is 12.8 Å². The zero-order valence-electron chi connectivity index (χ0n) is 11.0. The molecule has 1 aliphatic carbocycles. The van der Waals surface area contributed by atoms with Crippen LogP contribution in [0.25, 0.3) is 5.69 Å². The van der Waals surface area contributed by atoms with E-state index in [1.807, 2.05) is 0 Å². The van der Waals surface area contributed by atoms with Gasteiger partial charge in [0.2, 0.25) is 0 Å². The number of nitro groups is 1. The molecular weight excluding hydrogens is 276 g/mol. The molecule has 1 aromatic carbocycles. The summed E-state index contributed by atoms with van der Waals surface area (Å²) in [6.07, 6.45) is 4.77. The fraction of sp³-hybridized carbons (Fsp3) is 0.308. The number of aromatic nitrogens is 3. The van der Waals surface area contributed by atoms with Crippen LogP contribution in [0.1, 0.15) is 23.2 Å². The third kappa shape index (κ3) is 2.88. The molecule has 1 fully saturated rings. The molecule has 3 rings (SSSR count). The molecule has 1 aliphatic rings. The molecule has 0 radical (unpaired) electrons. The second-order valence-corrected chi connectivity index (χ2v) is 4.84. The molecule has 0 aliphatic heterocycles. The minimum Gasteiger partial charge on any atom is -0.462 e. The normalized spacial score (nSPS) is 13.9. The maximum Gasteiger partial charge on any atom is 0.338 e. The van der Waals surface area contributed by atoms with E-state index in [2.05, 4.69) is 10.1 Å². The Kier molecular flexibility index (Phi) is 3.35. The molecule has 0 unspecified atom stereocenters. The van der Waals surface area contributed by atoms with Crippen LogP contribution in [-0.2, 0) is 4.74 Å². The van der Waals surface area contributed by atoms with Gasteiger partial charge < -0.3 is 4.74 Å². The van der Waals surface area contributed by atoms with Gasteiger partial charge in [-0.2, -0.15) is 5.10 Å². The summed E-state index contributed by atoms with van der Waals surface area (Å²) in [5, 5.41) is 15.0. The number of benzene rings is 1. The third-order valence-corrected chi connectivity index (χ3v) is 3.22. The highest BCUT2D eigenvalue weighted by Crippen LogP contribution is 2.29. The summed E-state index contributed by atoms with van der Waals surface area (Å²) in [6.45, 7) is 0.372. The number of carbonyl (C=O) groups excluding carboxylic acids is 1. The van der Waals surface area contributed by atoms with Crippen LogP contribution in [0.5, 0.6) is 0 Å². The van der Waals surface area contributed by atoms with E-state index < -0.39 is 10.9 Å². The lowest BCUT2D eigenvalue weighted by molar-refractivity contribution is -0.384. The molecule has 0 bridgehead atoms. The molecule has 8 nitrogen and oxygen atoms in total. The van der Waals surface area contributed by atoms with Crippen LogP contribution < -0.4 is 0 Å². The standard InChI is InChI=1S/C13H12N4O4/c18-13(21-6-9-1-2-9)10-3-4-11(12(5-10)17(19)20)16-8-14-7-15-16/h3-5,7-9H,1-2,6H2. The molecule has 1 saturated carbocycles. The van der Waals surface area contributed by atoms with E-state index in [1.165, 1.54) is 35.5 Å². The lowest BCUT2D eigenvalue weighted by Gasteiger charge is -2.06. The van der Waals surface area contributed by atoms with Crippen molar-refractivity contribution in [2.75, 3.05) is 6.61 Å². The summed E-state index contributed by atoms with van der Waals surface area (Å²) in [4.78, 5) is 26.2. The Hall–Kier alpha value is -2.77. The molecule has 108 valence electrons. The van der Waals surface area contributed by atoms with Crippen molar-refractivity contribution in [1.82, 2.24) is 14.8 Å². The molecule has 0 atom stereocenters. The van der Waals surface area contributed by atoms with Crippen molar-refractivity contribution in [3.63, 3.8) is 0 Å². The van der Waals surface area contributed by atoms with Crippen molar-refractivity contribution in [3.8, 4) is 5.69 Å². The highest BCUT2D eigenvalue weighted by atomic mass is 16.6. The Morgan fingerprint density at radius 1 is 1.48 bits per heavy atom.